The first kappa shape index (κ1) is 21.5. The molecule has 0 aliphatic heterocycles. The SMILES string of the molecule is CCCCCCCCCCCCCCCOc1cccc(OC=O)c1. The zero-order valence-electron chi connectivity index (χ0n) is 16.0. The average molecular weight is 349 g/mol. The molecule has 0 amide bonds. The zero-order chi connectivity index (χ0) is 18.0. The highest BCUT2D eigenvalue weighted by atomic mass is 16.5. The molecule has 0 spiro atoms. The van der Waals surface area contributed by atoms with E-state index in [0.717, 1.165) is 18.8 Å². The Hall–Kier alpha value is -1.51. The lowest BCUT2D eigenvalue weighted by molar-refractivity contribution is -0.120. The van der Waals surface area contributed by atoms with Crippen molar-refractivity contribution in [3.8, 4) is 11.5 Å². The van der Waals surface area contributed by atoms with E-state index in [-0.39, 0.29) is 0 Å². The normalized spacial score (nSPS) is 10.6. The number of ether oxygens (including phenoxy) is 2. The first-order chi connectivity index (χ1) is 12.4. The average Bonchev–Trinajstić information content (AvgIpc) is 2.63. The molecule has 142 valence electrons. The molecule has 0 atom stereocenters. The lowest BCUT2D eigenvalue weighted by Gasteiger charge is -2.07. The molecule has 0 heterocycles. The summed E-state index contributed by atoms with van der Waals surface area (Å²) in [6.45, 7) is 3.43. The Morgan fingerprint density at radius 3 is 1.84 bits per heavy atom. The topological polar surface area (TPSA) is 35.5 Å². The number of unbranched alkanes of at least 4 members (excludes halogenated alkanes) is 12. The summed E-state index contributed by atoms with van der Waals surface area (Å²) in [7, 11) is 0. The summed E-state index contributed by atoms with van der Waals surface area (Å²) in [4.78, 5) is 10.3. The first-order valence-corrected chi connectivity index (χ1v) is 10.2. The van der Waals surface area contributed by atoms with E-state index < -0.39 is 0 Å². The van der Waals surface area contributed by atoms with Crippen LogP contribution in [-0.4, -0.2) is 13.1 Å². The highest BCUT2D eigenvalue weighted by molar-refractivity contribution is 5.46. The second-order valence-corrected chi connectivity index (χ2v) is 6.78. The Balaban J connectivity index is 1.86. The van der Waals surface area contributed by atoms with Crippen LogP contribution in [0.5, 0.6) is 11.5 Å². The number of hydrogen-bond acceptors (Lipinski definition) is 3. The van der Waals surface area contributed by atoms with Gasteiger partial charge in [0.15, 0.2) is 0 Å². The van der Waals surface area contributed by atoms with Crippen molar-refractivity contribution in [2.24, 2.45) is 0 Å². The summed E-state index contributed by atoms with van der Waals surface area (Å²) in [5.41, 5.74) is 0. The summed E-state index contributed by atoms with van der Waals surface area (Å²) in [6, 6.07) is 7.21. The predicted octanol–water partition coefficient (Wildman–Crippen LogP) is 6.69. The van der Waals surface area contributed by atoms with Crippen LogP contribution < -0.4 is 9.47 Å². The molecule has 1 aromatic rings. The van der Waals surface area contributed by atoms with Crippen LogP contribution in [0.25, 0.3) is 0 Å². The summed E-state index contributed by atoms with van der Waals surface area (Å²) in [5.74, 6) is 1.29. The summed E-state index contributed by atoms with van der Waals surface area (Å²) < 4.78 is 10.5. The standard InChI is InChI=1S/C22H36O3/c1-2-3-4-5-6-7-8-9-10-11-12-13-14-18-24-21-16-15-17-22(19-21)25-20-23/h15-17,19-20H,2-14,18H2,1H3. The highest BCUT2D eigenvalue weighted by Gasteiger charge is 1.98. The Morgan fingerprint density at radius 2 is 1.28 bits per heavy atom. The molecule has 3 nitrogen and oxygen atoms in total. The molecule has 0 saturated carbocycles. The second kappa shape index (κ2) is 16.0. The number of hydrogen-bond donors (Lipinski definition) is 0. The minimum Gasteiger partial charge on any atom is -0.493 e. The van der Waals surface area contributed by atoms with Crippen LogP contribution in [0.2, 0.25) is 0 Å². The van der Waals surface area contributed by atoms with Crippen LogP contribution in [0.15, 0.2) is 24.3 Å². The monoisotopic (exact) mass is 348 g/mol. The zero-order valence-corrected chi connectivity index (χ0v) is 16.0. The quantitative estimate of drug-likeness (QED) is 0.232. The van der Waals surface area contributed by atoms with E-state index in [1.807, 2.05) is 12.1 Å². The van der Waals surface area contributed by atoms with Gasteiger partial charge >= 0.3 is 0 Å². The summed E-state index contributed by atoms with van der Waals surface area (Å²) in [6.07, 6.45) is 17.6. The number of benzene rings is 1. The number of carbonyl (C=O) groups excluding carboxylic acids is 1. The maximum Gasteiger partial charge on any atom is 0.298 e. The fraction of sp³-hybridized carbons (Fsp3) is 0.682. The van der Waals surface area contributed by atoms with Crippen LogP contribution in [0.3, 0.4) is 0 Å². The van der Waals surface area contributed by atoms with Crippen molar-refractivity contribution in [1.82, 2.24) is 0 Å². The van der Waals surface area contributed by atoms with Gasteiger partial charge in [0.05, 0.1) is 6.61 Å². The van der Waals surface area contributed by atoms with Crippen LogP contribution in [-0.2, 0) is 4.79 Å². The van der Waals surface area contributed by atoms with Gasteiger partial charge in [-0.05, 0) is 18.6 Å². The minimum atomic E-state index is 0.436. The van der Waals surface area contributed by atoms with E-state index >= 15 is 0 Å². The third-order valence-corrected chi connectivity index (χ3v) is 4.51. The van der Waals surface area contributed by atoms with Gasteiger partial charge in [0.25, 0.3) is 6.47 Å². The fourth-order valence-corrected chi connectivity index (χ4v) is 3.00. The first-order valence-electron chi connectivity index (χ1n) is 10.2. The largest absolute Gasteiger partial charge is 0.493 e. The van der Waals surface area contributed by atoms with E-state index in [9.17, 15) is 4.79 Å². The molecule has 1 rings (SSSR count). The molecule has 0 radical (unpaired) electrons. The van der Waals surface area contributed by atoms with Crippen molar-refractivity contribution < 1.29 is 14.3 Å². The molecule has 0 fully saturated rings. The molecule has 3 heteroatoms. The second-order valence-electron chi connectivity index (χ2n) is 6.78. The van der Waals surface area contributed by atoms with Gasteiger partial charge in [-0.25, -0.2) is 0 Å². The molecule has 0 bridgehead atoms. The summed E-state index contributed by atoms with van der Waals surface area (Å²) >= 11 is 0. The maximum atomic E-state index is 10.3. The highest BCUT2D eigenvalue weighted by Crippen LogP contribution is 2.19. The van der Waals surface area contributed by atoms with Crippen LogP contribution in [0.4, 0.5) is 0 Å². The third kappa shape index (κ3) is 12.5. The lowest BCUT2D eigenvalue weighted by atomic mass is 10.0. The van der Waals surface area contributed by atoms with Crippen molar-refractivity contribution in [1.29, 1.82) is 0 Å². The van der Waals surface area contributed by atoms with Gasteiger partial charge < -0.3 is 9.47 Å². The van der Waals surface area contributed by atoms with Gasteiger partial charge in [-0.2, -0.15) is 0 Å². The van der Waals surface area contributed by atoms with Crippen molar-refractivity contribution in [3.05, 3.63) is 24.3 Å². The van der Waals surface area contributed by atoms with Gasteiger partial charge in [0.2, 0.25) is 0 Å². The van der Waals surface area contributed by atoms with Gasteiger partial charge in [0, 0.05) is 6.07 Å². The van der Waals surface area contributed by atoms with E-state index in [1.54, 1.807) is 12.1 Å². The van der Waals surface area contributed by atoms with Gasteiger partial charge in [0.1, 0.15) is 11.5 Å². The smallest absolute Gasteiger partial charge is 0.298 e. The Morgan fingerprint density at radius 1 is 0.760 bits per heavy atom. The molecule has 0 aliphatic rings. The van der Waals surface area contributed by atoms with E-state index in [4.69, 9.17) is 9.47 Å². The van der Waals surface area contributed by atoms with Gasteiger partial charge in [-0.1, -0.05) is 90.0 Å². The van der Waals surface area contributed by atoms with Crippen molar-refractivity contribution >= 4 is 6.47 Å². The van der Waals surface area contributed by atoms with E-state index in [2.05, 4.69) is 6.92 Å². The molecule has 0 saturated heterocycles. The molecule has 0 aliphatic carbocycles. The van der Waals surface area contributed by atoms with Crippen LogP contribution in [0, 0.1) is 0 Å². The van der Waals surface area contributed by atoms with E-state index in [0.29, 0.717) is 12.2 Å². The predicted molar refractivity (Wildman–Crippen MR) is 104 cm³/mol. The molecular weight excluding hydrogens is 312 g/mol. The Bertz CT molecular complexity index is 431. The Kier molecular flexibility index (Phi) is 13.8. The number of rotatable bonds is 17. The van der Waals surface area contributed by atoms with E-state index in [1.165, 1.54) is 77.0 Å². The molecule has 0 aromatic heterocycles. The molecule has 0 N–H and O–H groups in total. The maximum absolute atomic E-state index is 10.3. The minimum absolute atomic E-state index is 0.436. The molecule has 0 unspecified atom stereocenters. The number of carbonyl (C=O) groups is 1. The Labute approximate surface area is 154 Å². The lowest BCUT2D eigenvalue weighted by Crippen LogP contribution is -1.98. The summed E-state index contributed by atoms with van der Waals surface area (Å²) in [5, 5.41) is 0. The van der Waals surface area contributed by atoms with Crippen LogP contribution in [0.1, 0.15) is 90.4 Å². The van der Waals surface area contributed by atoms with Crippen molar-refractivity contribution in [2.45, 2.75) is 90.4 Å². The van der Waals surface area contributed by atoms with Crippen molar-refractivity contribution in [3.63, 3.8) is 0 Å². The van der Waals surface area contributed by atoms with Gasteiger partial charge in [-0.3, -0.25) is 4.79 Å². The molecule has 1 aromatic carbocycles. The van der Waals surface area contributed by atoms with Crippen molar-refractivity contribution in [2.75, 3.05) is 6.61 Å². The fourth-order valence-electron chi connectivity index (χ4n) is 3.00. The molecule has 25 heavy (non-hydrogen) atoms. The molecular formula is C22H36O3. The van der Waals surface area contributed by atoms with Gasteiger partial charge in [-0.15, -0.1) is 0 Å². The third-order valence-electron chi connectivity index (χ3n) is 4.51. The van der Waals surface area contributed by atoms with Crippen LogP contribution >= 0.6 is 0 Å².